The number of hydrogen-bond acceptors (Lipinski definition) is 8. The molecule has 2 rings (SSSR count). The molecule has 28 heavy (non-hydrogen) atoms. The van der Waals surface area contributed by atoms with Crippen molar-refractivity contribution in [3.63, 3.8) is 0 Å². The highest BCUT2D eigenvalue weighted by Gasteiger charge is 2.35. The number of nitrogens with one attached hydrogen (secondary N) is 2. The largest absolute Gasteiger partial charge is 0.481 e. The summed E-state index contributed by atoms with van der Waals surface area (Å²) in [6.07, 6.45) is 0.571. The molecular weight excluding hydrogens is 370 g/mol. The monoisotopic (exact) mass is 395 g/mol. The number of aromatic nitrogens is 2. The third kappa shape index (κ3) is 5.28. The molecule has 0 aliphatic carbocycles. The van der Waals surface area contributed by atoms with E-state index in [9.17, 15) is 19.5 Å². The minimum atomic E-state index is -1.29. The molecular formula is C17H25N5O6. The summed E-state index contributed by atoms with van der Waals surface area (Å²) in [5.74, 6) is -2.92. The average molecular weight is 395 g/mol. The van der Waals surface area contributed by atoms with Crippen LogP contribution >= 0.6 is 0 Å². The van der Waals surface area contributed by atoms with E-state index in [1.165, 1.54) is 6.20 Å². The van der Waals surface area contributed by atoms with Gasteiger partial charge in [0.15, 0.2) is 0 Å². The Balaban J connectivity index is 2.02. The van der Waals surface area contributed by atoms with E-state index in [1.807, 2.05) is 6.92 Å². The highest BCUT2D eigenvalue weighted by molar-refractivity contribution is 5.84. The zero-order chi connectivity index (χ0) is 20.8. The van der Waals surface area contributed by atoms with E-state index in [-0.39, 0.29) is 37.0 Å². The van der Waals surface area contributed by atoms with Crippen LogP contribution < -0.4 is 16.4 Å². The van der Waals surface area contributed by atoms with Crippen molar-refractivity contribution in [2.24, 2.45) is 11.8 Å². The lowest BCUT2D eigenvalue weighted by molar-refractivity contribution is -0.143. The summed E-state index contributed by atoms with van der Waals surface area (Å²) >= 11 is 0. The lowest BCUT2D eigenvalue weighted by atomic mass is 9.79. The summed E-state index contributed by atoms with van der Waals surface area (Å²) in [7, 11) is 0. The van der Waals surface area contributed by atoms with Crippen molar-refractivity contribution in [3.05, 3.63) is 11.8 Å². The second kappa shape index (κ2) is 9.31. The number of aliphatic carboxylic acids is 2. The van der Waals surface area contributed by atoms with E-state index < -0.39 is 30.0 Å². The third-order valence-corrected chi connectivity index (χ3v) is 4.92. The lowest BCUT2D eigenvalue weighted by Gasteiger charge is -2.35. The first-order valence-electron chi connectivity index (χ1n) is 9.01. The topological polar surface area (TPSA) is 188 Å². The van der Waals surface area contributed by atoms with Gasteiger partial charge in [0.1, 0.15) is 11.9 Å². The Morgan fingerprint density at radius 3 is 2.71 bits per heavy atom. The van der Waals surface area contributed by atoms with Gasteiger partial charge in [0, 0.05) is 37.1 Å². The van der Waals surface area contributed by atoms with E-state index in [2.05, 4.69) is 20.6 Å². The SMILES string of the molecule is CCC(CC(=O)N[C@@H](CCC(=O)O)C(=O)O)[C@H]1CNc2nc(N)ncc2[C@@H]1O. The molecule has 0 fully saturated rings. The van der Waals surface area contributed by atoms with Gasteiger partial charge in [-0.05, 0) is 12.3 Å². The predicted octanol–water partition coefficient (Wildman–Crippen LogP) is -0.0156. The number of aliphatic hydroxyl groups excluding tert-OH is 1. The summed E-state index contributed by atoms with van der Waals surface area (Å²) < 4.78 is 0. The number of nitrogen functional groups attached to an aromatic ring is 1. The number of aliphatic hydroxyl groups is 1. The summed E-state index contributed by atoms with van der Waals surface area (Å²) in [5.41, 5.74) is 6.04. The van der Waals surface area contributed by atoms with Gasteiger partial charge in [-0.3, -0.25) is 9.59 Å². The van der Waals surface area contributed by atoms with Crippen LogP contribution in [-0.4, -0.2) is 55.7 Å². The Hall–Kier alpha value is -2.95. The molecule has 1 aromatic rings. The second-order valence-corrected chi connectivity index (χ2v) is 6.78. The van der Waals surface area contributed by atoms with Crippen LogP contribution in [0.2, 0.25) is 0 Å². The Morgan fingerprint density at radius 1 is 1.39 bits per heavy atom. The van der Waals surface area contributed by atoms with Gasteiger partial charge in [0.25, 0.3) is 0 Å². The number of carboxylic acid groups (broad SMARTS) is 2. The van der Waals surface area contributed by atoms with Gasteiger partial charge in [-0.25, -0.2) is 9.78 Å². The predicted molar refractivity (Wildman–Crippen MR) is 98.2 cm³/mol. The maximum Gasteiger partial charge on any atom is 0.326 e. The number of nitrogens with zero attached hydrogens (tertiary/aromatic N) is 2. The van der Waals surface area contributed by atoms with Crippen molar-refractivity contribution < 1.29 is 29.7 Å². The van der Waals surface area contributed by atoms with Crippen LogP contribution in [-0.2, 0) is 14.4 Å². The first-order chi connectivity index (χ1) is 13.2. The highest BCUT2D eigenvalue weighted by atomic mass is 16.4. The fourth-order valence-corrected chi connectivity index (χ4v) is 3.36. The third-order valence-electron chi connectivity index (χ3n) is 4.92. The van der Waals surface area contributed by atoms with Crippen molar-refractivity contribution in [2.45, 2.75) is 44.8 Å². The quantitative estimate of drug-likeness (QED) is 0.332. The number of amides is 1. The van der Waals surface area contributed by atoms with E-state index in [4.69, 9.17) is 15.9 Å². The molecule has 4 atom stereocenters. The molecule has 0 bridgehead atoms. The minimum Gasteiger partial charge on any atom is -0.481 e. The van der Waals surface area contributed by atoms with Crippen LogP contribution in [0, 0.1) is 11.8 Å². The van der Waals surface area contributed by atoms with Crippen LogP contribution in [0.15, 0.2) is 6.20 Å². The number of fused-ring (bicyclic) bond motifs is 1. The fraction of sp³-hybridized carbons (Fsp3) is 0.588. The number of carboxylic acids is 2. The number of carbonyl (C=O) groups excluding carboxylic acids is 1. The zero-order valence-corrected chi connectivity index (χ0v) is 15.5. The minimum absolute atomic E-state index is 0.00191. The van der Waals surface area contributed by atoms with E-state index in [0.29, 0.717) is 24.3 Å². The number of nitrogens with two attached hydrogens (primary N) is 1. The van der Waals surface area contributed by atoms with Crippen LogP contribution in [0.1, 0.15) is 44.3 Å². The van der Waals surface area contributed by atoms with E-state index in [1.54, 1.807) is 0 Å². The van der Waals surface area contributed by atoms with Crippen molar-refractivity contribution in [3.8, 4) is 0 Å². The van der Waals surface area contributed by atoms with Crippen LogP contribution in [0.4, 0.5) is 11.8 Å². The Labute approximate surface area is 161 Å². The summed E-state index contributed by atoms with van der Waals surface area (Å²) in [6, 6.07) is -1.27. The Bertz CT molecular complexity index is 743. The van der Waals surface area contributed by atoms with E-state index >= 15 is 0 Å². The molecule has 0 saturated carbocycles. The van der Waals surface area contributed by atoms with Gasteiger partial charge in [0.2, 0.25) is 11.9 Å². The molecule has 2 heterocycles. The van der Waals surface area contributed by atoms with Crippen molar-refractivity contribution >= 4 is 29.6 Å². The average Bonchev–Trinajstić information content (AvgIpc) is 2.63. The molecule has 7 N–H and O–H groups in total. The Kier molecular flexibility index (Phi) is 7.10. The number of carbonyl (C=O) groups is 3. The number of rotatable bonds is 9. The molecule has 1 aliphatic rings. The van der Waals surface area contributed by atoms with Gasteiger partial charge in [-0.15, -0.1) is 0 Å². The van der Waals surface area contributed by atoms with Crippen molar-refractivity contribution in [2.75, 3.05) is 17.6 Å². The van der Waals surface area contributed by atoms with Crippen molar-refractivity contribution in [1.29, 1.82) is 0 Å². The normalized spacial score (nSPS) is 20.4. The molecule has 0 aromatic carbocycles. The number of anilines is 2. The lowest BCUT2D eigenvalue weighted by Crippen LogP contribution is -2.43. The van der Waals surface area contributed by atoms with E-state index in [0.717, 1.165) is 0 Å². The van der Waals surface area contributed by atoms with Gasteiger partial charge in [-0.2, -0.15) is 4.98 Å². The molecule has 1 amide bonds. The molecule has 11 heteroatoms. The van der Waals surface area contributed by atoms with Crippen LogP contribution in [0.3, 0.4) is 0 Å². The molecule has 154 valence electrons. The molecule has 1 unspecified atom stereocenters. The molecule has 0 spiro atoms. The Morgan fingerprint density at radius 2 is 2.11 bits per heavy atom. The summed E-state index contributed by atoms with van der Waals surface area (Å²) in [4.78, 5) is 42.2. The summed E-state index contributed by atoms with van der Waals surface area (Å²) in [6.45, 7) is 2.25. The number of hydrogen-bond donors (Lipinski definition) is 6. The molecule has 1 aromatic heterocycles. The standard InChI is InChI=1S/C17H25N5O6/c1-2-8(5-12(23)21-11(16(27)28)3-4-13(24)25)9-6-19-15-10(14(9)26)7-20-17(18)22-15/h7-9,11,14,26H,2-6H2,1H3,(H,21,23)(H,24,25)(H,27,28)(H3,18,19,20,22)/t8?,9-,11+,14-/m1/s1. The highest BCUT2D eigenvalue weighted by Crippen LogP contribution is 2.38. The maximum atomic E-state index is 12.3. The molecule has 11 nitrogen and oxygen atoms in total. The molecule has 0 saturated heterocycles. The zero-order valence-electron chi connectivity index (χ0n) is 15.5. The van der Waals surface area contributed by atoms with Gasteiger partial charge >= 0.3 is 11.9 Å². The van der Waals surface area contributed by atoms with Crippen LogP contribution in [0.5, 0.6) is 0 Å². The van der Waals surface area contributed by atoms with Crippen LogP contribution in [0.25, 0.3) is 0 Å². The van der Waals surface area contributed by atoms with Gasteiger partial charge in [0.05, 0.1) is 6.10 Å². The fourth-order valence-electron chi connectivity index (χ4n) is 3.36. The van der Waals surface area contributed by atoms with Gasteiger partial charge in [-0.1, -0.05) is 13.3 Å². The smallest absolute Gasteiger partial charge is 0.326 e. The molecule has 1 aliphatic heterocycles. The van der Waals surface area contributed by atoms with Gasteiger partial charge < -0.3 is 31.7 Å². The van der Waals surface area contributed by atoms with Crippen molar-refractivity contribution in [1.82, 2.24) is 15.3 Å². The first kappa shape index (κ1) is 21.4. The molecule has 0 radical (unpaired) electrons. The first-order valence-corrected chi connectivity index (χ1v) is 9.01. The second-order valence-electron chi connectivity index (χ2n) is 6.78. The summed E-state index contributed by atoms with van der Waals surface area (Å²) in [5, 5.41) is 34.0. The maximum absolute atomic E-state index is 12.3.